The van der Waals surface area contributed by atoms with Crippen molar-refractivity contribution in [2.45, 2.75) is 32.3 Å². The molecular formula is C17H20O. The molecule has 18 heavy (non-hydrogen) atoms. The maximum Gasteiger partial charge on any atom is 0.113 e. The van der Waals surface area contributed by atoms with Crippen LogP contribution in [0.1, 0.15) is 31.2 Å². The van der Waals surface area contributed by atoms with Crippen LogP contribution >= 0.6 is 0 Å². The van der Waals surface area contributed by atoms with Gasteiger partial charge in [0.1, 0.15) is 6.61 Å². The van der Waals surface area contributed by atoms with Crippen molar-refractivity contribution in [3.63, 3.8) is 0 Å². The fraction of sp³-hybridized carbons (Fsp3) is 0.412. The maximum absolute atomic E-state index is 6.02. The van der Waals surface area contributed by atoms with Gasteiger partial charge in [-0.15, -0.1) is 0 Å². The van der Waals surface area contributed by atoms with E-state index in [9.17, 15) is 0 Å². The number of benzene rings is 1. The van der Waals surface area contributed by atoms with Crippen LogP contribution in [0.15, 0.2) is 54.3 Å². The number of allylic oxidation sites excluding steroid dienone is 4. The lowest BCUT2D eigenvalue weighted by Gasteiger charge is -2.22. The molecule has 1 atom stereocenters. The zero-order valence-corrected chi connectivity index (χ0v) is 10.7. The van der Waals surface area contributed by atoms with Crippen LogP contribution in [0.3, 0.4) is 0 Å². The zero-order valence-electron chi connectivity index (χ0n) is 10.7. The minimum absolute atomic E-state index is 0.617. The lowest BCUT2D eigenvalue weighted by Crippen LogP contribution is -2.10. The molecular weight excluding hydrogens is 220 g/mol. The second-order valence-corrected chi connectivity index (χ2v) is 5.38. The molecule has 0 N–H and O–H groups in total. The Labute approximate surface area is 109 Å². The molecule has 1 saturated carbocycles. The fourth-order valence-corrected chi connectivity index (χ4v) is 2.53. The SMILES string of the molecule is C1=CCC(CC2CC2)C(OCc2ccccc2)=C1. The molecule has 0 heterocycles. The first kappa shape index (κ1) is 11.6. The number of hydrogen-bond donors (Lipinski definition) is 0. The van der Waals surface area contributed by atoms with E-state index in [1.54, 1.807) is 0 Å². The largest absolute Gasteiger partial charge is 0.493 e. The second kappa shape index (κ2) is 5.43. The van der Waals surface area contributed by atoms with Crippen LogP contribution in [-0.2, 0) is 11.3 Å². The van der Waals surface area contributed by atoms with Crippen molar-refractivity contribution in [1.29, 1.82) is 0 Å². The Hall–Kier alpha value is -1.50. The highest BCUT2D eigenvalue weighted by atomic mass is 16.5. The van der Waals surface area contributed by atoms with E-state index in [2.05, 4.69) is 42.5 Å². The summed E-state index contributed by atoms with van der Waals surface area (Å²) in [5.41, 5.74) is 1.25. The normalized spacial score (nSPS) is 22.7. The summed E-state index contributed by atoms with van der Waals surface area (Å²) in [5, 5.41) is 0. The molecule has 0 aliphatic heterocycles. The fourth-order valence-electron chi connectivity index (χ4n) is 2.53. The van der Waals surface area contributed by atoms with Gasteiger partial charge in [-0.25, -0.2) is 0 Å². The van der Waals surface area contributed by atoms with Crippen molar-refractivity contribution in [2.24, 2.45) is 11.8 Å². The Kier molecular flexibility index (Phi) is 3.49. The van der Waals surface area contributed by atoms with Gasteiger partial charge in [0.25, 0.3) is 0 Å². The van der Waals surface area contributed by atoms with Gasteiger partial charge in [0.15, 0.2) is 0 Å². The van der Waals surface area contributed by atoms with Gasteiger partial charge in [0, 0.05) is 5.92 Å². The van der Waals surface area contributed by atoms with E-state index in [-0.39, 0.29) is 0 Å². The second-order valence-electron chi connectivity index (χ2n) is 5.38. The Balaban J connectivity index is 1.59. The van der Waals surface area contributed by atoms with Gasteiger partial charge in [-0.05, 0) is 30.4 Å². The molecule has 0 aromatic heterocycles. The molecule has 0 spiro atoms. The van der Waals surface area contributed by atoms with E-state index >= 15 is 0 Å². The van der Waals surface area contributed by atoms with Gasteiger partial charge in [-0.2, -0.15) is 0 Å². The highest BCUT2D eigenvalue weighted by molar-refractivity contribution is 5.18. The molecule has 1 unspecified atom stereocenters. The molecule has 0 bridgehead atoms. The third kappa shape index (κ3) is 3.04. The molecule has 2 aliphatic rings. The third-order valence-corrected chi connectivity index (χ3v) is 3.78. The minimum Gasteiger partial charge on any atom is -0.493 e. The summed E-state index contributed by atoms with van der Waals surface area (Å²) in [4.78, 5) is 0. The summed E-state index contributed by atoms with van der Waals surface area (Å²) < 4.78 is 6.02. The lowest BCUT2D eigenvalue weighted by molar-refractivity contribution is 0.158. The van der Waals surface area contributed by atoms with Gasteiger partial charge in [0.05, 0.1) is 5.76 Å². The Morgan fingerprint density at radius 1 is 1.11 bits per heavy atom. The number of ether oxygens (including phenoxy) is 1. The van der Waals surface area contributed by atoms with Crippen molar-refractivity contribution in [2.75, 3.05) is 0 Å². The zero-order chi connectivity index (χ0) is 12.2. The van der Waals surface area contributed by atoms with E-state index < -0.39 is 0 Å². The number of hydrogen-bond acceptors (Lipinski definition) is 1. The molecule has 1 heteroatoms. The van der Waals surface area contributed by atoms with E-state index in [4.69, 9.17) is 4.74 Å². The summed E-state index contributed by atoms with van der Waals surface area (Å²) in [6.07, 6.45) is 11.9. The number of rotatable bonds is 5. The lowest BCUT2D eigenvalue weighted by atomic mass is 9.93. The highest BCUT2D eigenvalue weighted by Gasteiger charge is 2.28. The van der Waals surface area contributed by atoms with E-state index in [0.717, 1.165) is 12.3 Å². The monoisotopic (exact) mass is 240 g/mol. The first-order chi connectivity index (χ1) is 8.92. The maximum atomic E-state index is 6.02. The Morgan fingerprint density at radius 3 is 2.72 bits per heavy atom. The smallest absolute Gasteiger partial charge is 0.113 e. The molecule has 1 nitrogen and oxygen atoms in total. The van der Waals surface area contributed by atoms with Crippen LogP contribution in [-0.4, -0.2) is 0 Å². The van der Waals surface area contributed by atoms with E-state index in [0.29, 0.717) is 12.5 Å². The van der Waals surface area contributed by atoms with Crippen molar-refractivity contribution in [1.82, 2.24) is 0 Å². The minimum atomic E-state index is 0.617. The average molecular weight is 240 g/mol. The van der Waals surface area contributed by atoms with Gasteiger partial charge in [-0.1, -0.05) is 55.3 Å². The van der Waals surface area contributed by atoms with Gasteiger partial charge in [0.2, 0.25) is 0 Å². The summed E-state index contributed by atoms with van der Waals surface area (Å²) in [6, 6.07) is 10.4. The van der Waals surface area contributed by atoms with Crippen molar-refractivity contribution in [3.05, 3.63) is 59.9 Å². The third-order valence-electron chi connectivity index (χ3n) is 3.78. The first-order valence-corrected chi connectivity index (χ1v) is 6.95. The summed E-state index contributed by atoms with van der Waals surface area (Å²) in [5.74, 6) is 2.77. The highest BCUT2D eigenvalue weighted by Crippen LogP contribution is 2.39. The Morgan fingerprint density at radius 2 is 1.94 bits per heavy atom. The van der Waals surface area contributed by atoms with Gasteiger partial charge >= 0.3 is 0 Å². The van der Waals surface area contributed by atoms with Crippen LogP contribution in [0, 0.1) is 11.8 Å². The first-order valence-electron chi connectivity index (χ1n) is 6.95. The van der Waals surface area contributed by atoms with Gasteiger partial charge < -0.3 is 4.74 Å². The van der Waals surface area contributed by atoms with Crippen LogP contribution in [0.2, 0.25) is 0 Å². The standard InChI is InChI=1S/C17H20O/c1-2-6-15(7-3-1)13-18-17-9-5-4-8-16(17)12-14-10-11-14/h1-7,9,14,16H,8,10-13H2. The molecule has 2 aliphatic carbocycles. The Bertz CT molecular complexity index is 440. The predicted molar refractivity (Wildman–Crippen MR) is 73.9 cm³/mol. The van der Waals surface area contributed by atoms with Crippen molar-refractivity contribution in [3.8, 4) is 0 Å². The van der Waals surface area contributed by atoms with Crippen LogP contribution < -0.4 is 0 Å². The molecule has 1 fully saturated rings. The summed E-state index contributed by atoms with van der Waals surface area (Å²) in [6.45, 7) is 0.696. The van der Waals surface area contributed by atoms with E-state index in [1.807, 2.05) is 6.07 Å². The topological polar surface area (TPSA) is 9.23 Å². The predicted octanol–water partition coefficient (Wildman–Crippen LogP) is 4.46. The molecule has 1 aromatic rings. The van der Waals surface area contributed by atoms with Crippen molar-refractivity contribution >= 4 is 0 Å². The quantitative estimate of drug-likeness (QED) is 0.738. The average Bonchev–Trinajstić information content (AvgIpc) is 3.23. The molecule has 0 saturated heterocycles. The van der Waals surface area contributed by atoms with Crippen LogP contribution in [0.5, 0.6) is 0 Å². The summed E-state index contributed by atoms with van der Waals surface area (Å²) >= 11 is 0. The van der Waals surface area contributed by atoms with Crippen molar-refractivity contribution < 1.29 is 4.74 Å². The van der Waals surface area contributed by atoms with Crippen LogP contribution in [0.25, 0.3) is 0 Å². The molecule has 0 amide bonds. The molecule has 94 valence electrons. The van der Waals surface area contributed by atoms with Crippen LogP contribution in [0.4, 0.5) is 0 Å². The molecule has 1 aromatic carbocycles. The molecule has 0 radical (unpaired) electrons. The van der Waals surface area contributed by atoms with E-state index in [1.165, 1.54) is 30.6 Å². The summed E-state index contributed by atoms with van der Waals surface area (Å²) in [7, 11) is 0. The van der Waals surface area contributed by atoms with Gasteiger partial charge in [-0.3, -0.25) is 0 Å². The molecule has 3 rings (SSSR count).